The zero-order valence-electron chi connectivity index (χ0n) is 15.7. The highest BCUT2D eigenvalue weighted by atomic mass is 19.4. The van der Waals surface area contributed by atoms with E-state index in [1.807, 2.05) is 12.1 Å². The predicted molar refractivity (Wildman–Crippen MR) is 102 cm³/mol. The van der Waals surface area contributed by atoms with Gasteiger partial charge in [0.15, 0.2) is 0 Å². The van der Waals surface area contributed by atoms with Crippen LogP contribution in [0.3, 0.4) is 0 Å². The quantitative estimate of drug-likeness (QED) is 0.686. The van der Waals surface area contributed by atoms with Crippen LogP contribution in [0.4, 0.5) is 13.2 Å². The van der Waals surface area contributed by atoms with Crippen molar-refractivity contribution in [2.24, 2.45) is 13.0 Å². The lowest BCUT2D eigenvalue weighted by Gasteiger charge is -2.11. The molecular weight excluding hydrogens is 383 g/mol. The van der Waals surface area contributed by atoms with Crippen LogP contribution in [0.2, 0.25) is 0 Å². The first-order valence-electron chi connectivity index (χ1n) is 9.31. The zero-order chi connectivity index (χ0) is 20.8. The molecule has 1 aliphatic carbocycles. The molecule has 2 atom stereocenters. The highest BCUT2D eigenvalue weighted by Gasteiger charge is 2.44. The van der Waals surface area contributed by atoms with Crippen molar-refractivity contribution in [2.75, 3.05) is 13.2 Å². The molecule has 0 radical (unpaired) electrons. The van der Waals surface area contributed by atoms with Gasteiger partial charge in [-0.25, -0.2) is 0 Å². The molecule has 0 saturated heterocycles. The maximum Gasteiger partial charge on any atom is 0.416 e. The summed E-state index contributed by atoms with van der Waals surface area (Å²) < 4.78 is 40.3. The molecule has 29 heavy (non-hydrogen) atoms. The first kappa shape index (κ1) is 19.4. The Balaban J connectivity index is 1.70. The fourth-order valence-electron chi connectivity index (χ4n) is 3.74. The van der Waals surface area contributed by atoms with Crippen molar-refractivity contribution in [2.45, 2.75) is 18.5 Å². The largest absolute Gasteiger partial charge is 0.416 e. The average molecular weight is 403 g/mol. The Morgan fingerprint density at radius 3 is 2.62 bits per heavy atom. The number of carbonyl (C=O) groups is 1. The van der Waals surface area contributed by atoms with Gasteiger partial charge in [-0.3, -0.25) is 9.48 Å². The van der Waals surface area contributed by atoms with Crippen LogP contribution in [0.5, 0.6) is 0 Å². The number of nitrogens with one attached hydrogen (secondary N) is 1. The third kappa shape index (κ3) is 3.72. The van der Waals surface area contributed by atoms with Gasteiger partial charge in [0.05, 0.1) is 23.9 Å². The van der Waals surface area contributed by atoms with Gasteiger partial charge in [-0.1, -0.05) is 18.2 Å². The number of rotatable bonds is 5. The lowest BCUT2D eigenvalue weighted by atomic mass is 9.96. The minimum absolute atomic E-state index is 0.0230. The topological polar surface area (TPSA) is 67.2 Å². The van der Waals surface area contributed by atoms with E-state index in [0.717, 1.165) is 34.2 Å². The highest BCUT2D eigenvalue weighted by molar-refractivity contribution is 5.91. The molecule has 0 spiro atoms. The minimum Gasteiger partial charge on any atom is -0.395 e. The molecule has 1 saturated carbocycles. The summed E-state index contributed by atoms with van der Waals surface area (Å²) in [7, 11) is 1.81. The minimum atomic E-state index is -4.38. The van der Waals surface area contributed by atoms with Crippen molar-refractivity contribution < 1.29 is 23.1 Å². The van der Waals surface area contributed by atoms with Gasteiger partial charge in [-0.05, 0) is 47.2 Å². The van der Waals surface area contributed by atoms with Crippen LogP contribution in [0, 0.1) is 5.92 Å². The summed E-state index contributed by atoms with van der Waals surface area (Å²) in [5, 5.41) is 16.8. The van der Waals surface area contributed by atoms with Crippen molar-refractivity contribution in [3.63, 3.8) is 0 Å². The van der Waals surface area contributed by atoms with Gasteiger partial charge in [-0.2, -0.15) is 18.3 Å². The molecule has 152 valence electrons. The van der Waals surface area contributed by atoms with E-state index in [9.17, 15) is 18.0 Å². The molecule has 0 aliphatic heterocycles. The van der Waals surface area contributed by atoms with E-state index in [1.165, 1.54) is 12.1 Å². The number of carbonyl (C=O) groups excluding carboxylic acids is 1. The van der Waals surface area contributed by atoms with Gasteiger partial charge in [0.2, 0.25) is 5.91 Å². The molecule has 1 heterocycles. The lowest BCUT2D eigenvalue weighted by Crippen LogP contribution is -2.28. The maximum absolute atomic E-state index is 12.9. The number of aliphatic hydroxyl groups is 1. The Morgan fingerprint density at radius 2 is 1.97 bits per heavy atom. The molecule has 1 aliphatic rings. The van der Waals surface area contributed by atoms with Crippen LogP contribution in [0.25, 0.3) is 22.0 Å². The molecule has 1 aromatic heterocycles. The Kier molecular flexibility index (Phi) is 4.82. The predicted octanol–water partition coefficient (Wildman–Crippen LogP) is 3.47. The summed E-state index contributed by atoms with van der Waals surface area (Å²) in [4.78, 5) is 12.2. The average Bonchev–Trinajstić information content (AvgIpc) is 3.42. The second-order valence-corrected chi connectivity index (χ2v) is 7.30. The number of alkyl halides is 3. The molecule has 4 rings (SSSR count). The zero-order valence-corrected chi connectivity index (χ0v) is 15.7. The standard InChI is InChI=1S/C21H20F3N3O2/c1-27-19-9-13(12-2-4-14(5-3-12)21(22,23)24)8-15(18(19)11-26-27)16-10-17(16)20(29)25-6-7-28/h2-5,8-9,11,16-17,28H,6-7,10H2,1H3,(H,25,29)/t16?,17-/m1/s1. The Hall–Kier alpha value is -2.87. The summed E-state index contributed by atoms with van der Waals surface area (Å²) >= 11 is 0. The van der Waals surface area contributed by atoms with Crippen molar-refractivity contribution in [1.82, 2.24) is 15.1 Å². The number of aromatic nitrogens is 2. The summed E-state index contributed by atoms with van der Waals surface area (Å²) in [6.45, 7) is 0.106. The van der Waals surface area contributed by atoms with Crippen molar-refractivity contribution >= 4 is 16.8 Å². The van der Waals surface area contributed by atoms with Crippen molar-refractivity contribution in [3.05, 3.63) is 53.7 Å². The van der Waals surface area contributed by atoms with Gasteiger partial charge < -0.3 is 10.4 Å². The van der Waals surface area contributed by atoms with Gasteiger partial charge in [0.1, 0.15) is 0 Å². The normalized spacial score (nSPS) is 18.8. The Bertz CT molecular complexity index is 1060. The maximum atomic E-state index is 12.9. The summed E-state index contributed by atoms with van der Waals surface area (Å²) in [6.07, 6.45) is -1.93. The van der Waals surface area contributed by atoms with Gasteiger partial charge in [0.25, 0.3) is 0 Å². The number of aryl methyl sites for hydroxylation is 1. The number of nitrogens with zero attached hydrogens (tertiary/aromatic N) is 2. The Morgan fingerprint density at radius 1 is 1.24 bits per heavy atom. The molecule has 5 nitrogen and oxygen atoms in total. The monoisotopic (exact) mass is 403 g/mol. The first-order chi connectivity index (χ1) is 13.8. The number of hydrogen-bond donors (Lipinski definition) is 2. The first-order valence-corrected chi connectivity index (χ1v) is 9.31. The number of amides is 1. The molecule has 1 unspecified atom stereocenters. The smallest absolute Gasteiger partial charge is 0.395 e. The fourth-order valence-corrected chi connectivity index (χ4v) is 3.74. The third-order valence-electron chi connectivity index (χ3n) is 5.38. The fraction of sp³-hybridized carbons (Fsp3) is 0.333. The van der Waals surface area contributed by atoms with Crippen LogP contribution in [-0.2, 0) is 18.0 Å². The van der Waals surface area contributed by atoms with Crippen LogP contribution < -0.4 is 5.32 Å². The number of benzene rings is 2. The van der Waals surface area contributed by atoms with Crippen LogP contribution in [0.15, 0.2) is 42.6 Å². The third-order valence-corrected chi connectivity index (χ3v) is 5.38. The van der Waals surface area contributed by atoms with E-state index in [-0.39, 0.29) is 30.9 Å². The van der Waals surface area contributed by atoms with E-state index in [0.29, 0.717) is 12.0 Å². The van der Waals surface area contributed by atoms with Gasteiger partial charge in [0, 0.05) is 24.9 Å². The number of aliphatic hydroxyl groups excluding tert-OH is 1. The molecule has 0 bridgehead atoms. The van der Waals surface area contributed by atoms with Gasteiger partial charge >= 0.3 is 6.18 Å². The summed E-state index contributed by atoms with van der Waals surface area (Å²) in [5.41, 5.74) is 2.59. The molecule has 2 N–H and O–H groups in total. The van der Waals surface area contributed by atoms with Crippen molar-refractivity contribution in [1.29, 1.82) is 0 Å². The molecular formula is C21H20F3N3O2. The molecule has 1 fully saturated rings. The molecule has 2 aromatic carbocycles. The van der Waals surface area contributed by atoms with E-state index in [4.69, 9.17) is 5.11 Å². The molecule has 3 aromatic rings. The second kappa shape index (κ2) is 7.18. The van der Waals surface area contributed by atoms with Crippen LogP contribution in [0.1, 0.15) is 23.5 Å². The van der Waals surface area contributed by atoms with Crippen LogP contribution >= 0.6 is 0 Å². The number of fused-ring (bicyclic) bond motifs is 1. The number of hydrogen-bond acceptors (Lipinski definition) is 3. The Labute approximate surface area is 165 Å². The SMILES string of the molecule is Cn1ncc2c(C3C[C@H]3C(=O)NCCO)cc(-c3ccc(C(F)(F)F)cc3)cc21. The van der Waals surface area contributed by atoms with E-state index >= 15 is 0 Å². The summed E-state index contributed by atoms with van der Waals surface area (Å²) in [5.74, 6) is -0.247. The van der Waals surface area contributed by atoms with E-state index < -0.39 is 11.7 Å². The van der Waals surface area contributed by atoms with Crippen molar-refractivity contribution in [3.8, 4) is 11.1 Å². The number of halogens is 3. The van der Waals surface area contributed by atoms with Gasteiger partial charge in [-0.15, -0.1) is 0 Å². The molecule has 8 heteroatoms. The van der Waals surface area contributed by atoms with Crippen LogP contribution in [-0.4, -0.2) is 33.9 Å². The van der Waals surface area contributed by atoms with E-state index in [2.05, 4.69) is 10.4 Å². The highest BCUT2D eigenvalue weighted by Crippen LogP contribution is 2.50. The second-order valence-electron chi connectivity index (χ2n) is 7.30. The molecule has 1 amide bonds. The van der Waals surface area contributed by atoms with E-state index in [1.54, 1.807) is 17.9 Å². The summed E-state index contributed by atoms with van der Waals surface area (Å²) in [6, 6.07) is 8.91. The lowest BCUT2D eigenvalue weighted by molar-refractivity contribution is -0.137.